The summed E-state index contributed by atoms with van der Waals surface area (Å²) in [6, 6.07) is 17.0. The average Bonchev–Trinajstić information content (AvgIpc) is 2.69. The van der Waals surface area contributed by atoms with Crippen LogP contribution in [0.25, 0.3) is 6.08 Å². The van der Waals surface area contributed by atoms with Crippen LogP contribution in [-0.4, -0.2) is 24.8 Å². The molecule has 2 N–H and O–H groups in total. The molecule has 0 spiro atoms. The van der Waals surface area contributed by atoms with Gasteiger partial charge in [-0.05, 0) is 37.1 Å². The third kappa shape index (κ3) is 5.77. The molecule has 0 heterocycles. The summed E-state index contributed by atoms with van der Waals surface area (Å²) in [6.07, 6.45) is 4.44. The Morgan fingerprint density at radius 2 is 1.85 bits per heavy atom. The van der Waals surface area contributed by atoms with Crippen LogP contribution in [0.3, 0.4) is 0 Å². The maximum Gasteiger partial charge on any atom is 0.262 e. The Labute approximate surface area is 154 Å². The third-order valence-corrected chi connectivity index (χ3v) is 3.82. The fraction of sp³-hybridized carbons (Fsp3) is 0.238. The molecule has 0 bridgehead atoms. The first kappa shape index (κ1) is 19.2. The summed E-state index contributed by atoms with van der Waals surface area (Å²) in [4.78, 5) is 12.4. The monoisotopic (exact) mass is 351 g/mol. The highest BCUT2D eigenvalue weighted by molar-refractivity contribution is 5.97. The highest BCUT2D eigenvalue weighted by Gasteiger charge is 2.17. The van der Waals surface area contributed by atoms with Crippen LogP contribution in [0.2, 0.25) is 0 Å². The predicted molar refractivity (Wildman–Crippen MR) is 107 cm³/mol. The van der Waals surface area contributed by atoms with Gasteiger partial charge in [-0.2, -0.15) is 5.10 Å². The lowest BCUT2D eigenvalue weighted by Gasteiger charge is -2.18. The molecule has 2 aromatic rings. The molecule has 0 aliphatic heterocycles. The van der Waals surface area contributed by atoms with Crippen LogP contribution in [0.15, 0.2) is 65.8 Å². The van der Waals surface area contributed by atoms with Crippen molar-refractivity contribution >= 4 is 23.4 Å². The van der Waals surface area contributed by atoms with E-state index >= 15 is 0 Å². The van der Waals surface area contributed by atoms with Crippen molar-refractivity contribution in [2.75, 3.05) is 12.4 Å². The number of anilines is 1. The van der Waals surface area contributed by atoms with Crippen molar-refractivity contribution in [3.63, 3.8) is 0 Å². The van der Waals surface area contributed by atoms with Gasteiger partial charge in [-0.3, -0.25) is 4.79 Å². The number of amides is 1. The maximum absolute atomic E-state index is 12.4. The van der Waals surface area contributed by atoms with Crippen molar-refractivity contribution in [3.8, 4) is 5.75 Å². The summed E-state index contributed by atoms with van der Waals surface area (Å²) in [5, 5.41) is 7.36. The van der Waals surface area contributed by atoms with Gasteiger partial charge in [0.05, 0.1) is 18.5 Å². The van der Waals surface area contributed by atoms with Crippen molar-refractivity contribution in [1.82, 2.24) is 5.43 Å². The van der Waals surface area contributed by atoms with E-state index in [1.807, 2.05) is 80.6 Å². The minimum absolute atomic E-state index is 0.189. The standard InChI is InChI=1S/C21H25N3O2/c1-4-18(22-19-12-8-9-13-20(19)26-3)21(25)24-23-16(2)14-15-17-10-6-5-7-11-17/h5-15,18,22H,4H2,1-3H3,(H,24,25)/b15-14+,23-16-/t18-/m0/s1. The maximum atomic E-state index is 12.4. The Kier molecular flexibility index (Phi) is 7.43. The second-order valence-corrected chi connectivity index (χ2v) is 5.78. The topological polar surface area (TPSA) is 62.7 Å². The van der Waals surface area contributed by atoms with Crippen LogP contribution in [0.5, 0.6) is 5.75 Å². The highest BCUT2D eigenvalue weighted by atomic mass is 16.5. The normalized spacial score (nSPS) is 12.7. The number of hydrogen-bond donors (Lipinski definition) is 2. The molecule has 1 amide bonds. The number of hydrazone groups is 1. The summed E-state index contributed by atoms with van der Waals surface area (Å²) >= 11 is 0. The Bertz CT molecular complexity index is 770. The number of carbonyl (C=O) groups is 1. The SMILES string of the molecule is CC[C@H](Nc1ccccc1OC)C(=O)N/N=C(C)\C=C\c1ccccc1. The number of methoxy groups -OCH3 is 1. The molecule has 0 saturated carbocycles. The molecule has 136 valence electrons. The van der Waals surface area contributed by atoms with E-state index in [0.717, 1.165) is 11.3 Å². The zero-order valence-electron chi connectivity index (χ0n) is 15.4. The molecule has 0 unspecified atom stereocenters. The van der Waals surface area contributed by atoms with E-state index in [1.165, 1.54) is 0 Å². The molecule has 1 atom stereocenters. The van der Waals surface area contributed by atoms with E-state index < -0.39 is 6.04 Å². The number of nitrogens with zero attached hydrogens (tertiary/aromatic N) is 1. The number of carbonyl (C=O) groups excluding carboxylic acids is 1. The Morgan fingerprint density at radius 1 is 1.15 bits per heavy atom. The van der Waals surface area contributed by atoms with E-state index in [1.54, 1.807) is 7.11 Å². The molecule has 0 radical (unpaired) electrons. The first-order valence-corrected chi connectivity index (χ1v) is 8.61. The zero-order chi connectivity index (χ0) is 18.8. The fourth-order valence-corrected chi connectivity index (χ4v) is 2.34. The lowest BCUT2D eigenvalue weighted by Crippen LogP contribution is -2.37. The Morgan fingerprint density at radius 3 is 2.54 bits per heavy atom. The van der Waals surface area contributed by atoms with Crippen LogP contribution in [-0.2, 0) is 4.79 Å². The van der Waals surface area contributed by atoms with Gasteiger partial charge in [0.1, 0.15) is 11.8 Å². The van der Waals surface area contributed by atoms with Gasteiger partial charge in [0.15, 0.2) is 0 Å². The summed E-state index contributed by atoms with van der Waals surface area (Å²) in [5.41, 5.74) is 5.20. The fourth-order valence-electron chi connectivity index (χ4n) is 2.34. The molecule has 0 aliphatic carbocycles. The first-order chi connectivity index (χ1) is 12.6. The molecule has 0 saturated heterocycles. The molecule has 26 heavy (non-hydrogen) atoms. The van der Waals surface area contributed by atoms with E-state index in [4.69, 9.17) is 4.74 Å². The number of allylic oxidation sites excluding steroid dienone is 1. The molecule has 5 heteroatoms. The summed E-state index contributed by atoms with van der Waals surface area (Å²) in [7, 11) is 1.61. The smallest absolute Gasteiger partial charge is 0.262 e. The number of rotatable bonds is 8. The van der Waals surface area contributed by atoms with Crippen molar-refractivity contribution in [3.05, 3.63) is 66.2 Å². The molecular formula is C21H25N3O2. The zero-order valence-corrected chi connectivity index (χ0v) is 15.4. The third-order valence-electron chi connectivity index (χ3n) is 3.82. The first-order valence-electron chi connectivity index (χ1n) is 8.61. The second kappa shape index (κ2) is 10.0. The predicted octanol–water partition coefficient (Wildman–Crippen LogP) is 4.09. The molecule has 0 aromatic heterocycles. The van der Waals surface area contributed by atoms with Crippen LogP contribution in [0.4, 0.5) is 5.69 Å². The summed E-state index contributed by atoms with van der Waals surface area (Å²) in [6.45, 7) is 3.78. The van der Waals surface area contributed by atoms with E-state index in [-0.39, 0.29) is 5.91 Å². The quantitative estimate of drug-likeness (QED) is 0.556. The van der Waals surface area contributed by atoms with Gasteiger partial charge >= 0.3 is 0 Å². The van der Waals surface area contributed by atoms with E-state index in [9.17, 15) is 4.79 Å². The summed E-state index contributed by atoms with van der Waals surface area (Å²) in [5.74, 6) is 0.509. The van der Waals surface area contributed by atoms with Crippen LogP contribution in [0, 0.1) is 0 Å². The lowest BCUT2D eigenvalue weighted by atomic mass is 10.2. The van der Waals surface area contributed by atoms with Crippen molar-refractivity contribution < 1.29 is 9.53 Å². The largest absolute Gasteiger partial charge is 0.495 e. The van der Waals surface area contributed by atoms with Gasteiger partial charge < -0.3 is 10.1 Å². The Balaban J connectivity index is 1.96. The molecule has 0 aliphatic rings. The molecule has 2 rings (SSSR count). The number of ether oxygens (including phenoxy) is 1. The molecule has 0 fully saturated rings. The summed E-state index contributed by atoms with van der Waals surface area (Å²) < 4.78 is 5.31. The van der Waals surface area contributed by atoms with Gasteiger partial charge in [0, 0.05) is 0 Å². The van der Waals surface area contributed by atoms with Gasteiger partial charge in [0.25, 0.3) is 5.91 Å². The van der Waals surface area contributed by atoms with Crippen LogP contribution >= 0.6 is 0 Å². The Hall–Kier alpha value is -3.08. The number of hydrogen-bond acceptors (Lipinski definition) is 4. The lowest BCUT2D eigenvalue weighted by molar-refractivity contribution is -0.121. The highest BCUT2D eigenvalue weighted by Crippen LogP contribution is 2.24. The van der Waals surface area contributed by atoms with Crippen molar-refractivity contribution in [2.45, 2.75) is 26.3 Å². The van der Waals surface area contributed by atoms with E-state index in [2.05, 4.69) is 15.8 Å². The molecular weight excluding hydrogens is 326 g/mol. The molecule has 2 aromatic carbocycles. The minimum atomic E-state index is -0.402. The van der Waals surface area contributed by atoms with Crippen LogP contribution in [0.1, 0.15) is 25.8 Å². The van der Waals surface area contributed by atoms with Gasteiger partial charge in [0.2, 0.25) is 0 Å². The van der Waals surface area contributed by atoms with Gasteiger partial charge in [-0.1, -0.05) is 55.5 Å². The number of nitrogens with one attached hydrogen (secondary N) is 2. The van der Waals surface area contributed by atoms with Crippen molar-refractivity contribution in [1.29, 1.82) is 0 Å². The van der Waals surface area contributed by atoms with E-state index in [0.29, 0.717) is 17.9 Å². The second-order valence-electron chi connectivity index (χ2n) is 5.78. The van der Waals surface area contributed by atoms with Crippen LogP contribution < -0.4 is 15.5 Å². The number of para-hydroxylation sites is 2. The minimum Gasteiger partial charge on any atom is -0.495 e. The van der Waals surface area contributed by atoms with Gasteiger partial charge in [-0.15, -0.1) is 0 Å². The average molecular weight is 351 g/mol. The number of benzene rings is 2. The van der Waals surface area contributed by atoms with Gasteiger partial charge in [-0.25, -0.2) is 5.43 Å². The van der Waals surface area contributed by atoms with Crippen molar-refractivity contribution in [2.24, 2.45) is 5.10 Å². The molecule has 5 nitrogen and oxygen atoms in total.